The van der Waals surface area contributed by atoms with Crippen LogP contribution in [0.2, 0.25) is 0 Å². The maximum Gasteiger partial charge on any atom is 0.166 e. The molecule has 0 aromatic heterocycles. The quantitative estimate of drug-likeness (QED) is 0.676. The zero-order valence-electron chi connectivity index (χ0n) is 11.1. The summed E-state index contributed by atoms with van der Waals surface area (Å²) in [6.07, 6.45) is 2.51. The van der Waals surface area contributed by atoms with Gasteiger partial charge in [0.1, 0.15) is 6.04 Å². The van der Waals surface area contributed by atoms with Crippen LogP contribution in [0.4, 0.5) is 0 Å². The summed E-state index contributed by atoms with van der Waals surface area (Å²) in [6, 6.07) is 11.6. The van der Waals surface area contributed by atoms with E-state index in [0.717, 1.165) is 11.7 Å². The third-order valence-corrected chi connectivity index (χ3v) is 3.54. The summed E-state index contributed by atoms with van der Waals surface area (Å²) in [5, 5.41) is 7.44. The molecule has 98 valence electrons. The predicted octanol–water partition coefficient (Wildman–Crippen LogP) is 0.499. The van der Waals surface area contributed by atoms with Crippen LogP contribution >= 0.6 is 12.2 Å². The van der Waals surface area contributed by atoms with Crippen molar-refractivity contribution in [3.8, 4) is 0 Å². The van der Waals surface area contributed by atoms with E-state index in [9.17, 15) is 0 Å². The molecule has 0 unspecified atom stereocenters. The van der Waals surface area contributed by atoms with E-state index in [-0.39, 0.29) is 0 Å². The van der Waals surface area contributed by atoms with E-state index in [4.69, 9.17) is 12.2 Å². The summed E-state index contributed by atoms with van der Waals surface area (Å²) >= 11 is 5.29. The molecule has 18 heavy (non-hydrogen) atoms. The van der Waals surface area contributed by atoms with E-state index in [1.165, 1.54) is 23.3 Å². The molecule has 0 radical (unpaired) electrons. The lowest BCUT2D eigenvalue weighted by Crippen LogP contribution is -3.07. The monoisotopic (exact) mass is 264 g/mol. The Morgan fingerprint density at radius 3 is 2.56 bits per heavy atom. The fourth-order valence-corrected chi connectivity index (χ4v) is 2.25. The molecular formula is C14H22N3S+. The predicted molar refractivity (Wildman–Crippen MR) is 78.8 cm³/mol. The minimum Gasteiger partial charge on any atom is -0.360 e. The Morgan fingerprint density at radius 2 is 2.00 bits per heavy atom. The van der Waals surface area contributed by atoms with Gasteiger partial charge in [0.05, 0.1) is 20.6 Å². The molecule has 1 aliphatic rings. The molecule has 1 fully saturated rings. The van der Waals surface area contributed by atoms with Crippen molar-refractivity contribution in [1.29, 1.82) is 0 Å². The largest absolute Gasteiger partial charge is 0.360 e. The van der Waals surface area contributed by atoms with Gasteiger partial charge in [0.15, 0.2) is 5.11 Å². The summed E-state index contributed by atoms with van der Waals surface area (Å²) in [5.74, 6) is 0. The number of hydrogen-bond donors (Lipinski definition) is 3. The summed E-state index contributed by atoms with van der Waals surface area (Å²) in [5.41, 5.74) is 1.35. The van der Waals surface area contributed by atoms with E-state index in [2.05, 4.69) is 55.1 Å². The molecule has 4 heteroatoms. The van der Waals surface area contributed by atoms with Crippen LogP contribution in [0.15, 0.2) is 30.3 Å². The van der Waals surface area contributed by atoms with Crippen molar-refractivity contribution in [1.82, 2.24) is 10.6 Å². The van der Waals surface area contributed by atoms with Gasteiger partial charge in [-0.1, -0.05) is 30.3 Å². The number of nitrogens with one attached hydrogen (secondary N) is 3. The number of likely N-dealkylation sites (N-methyl/N-ethyl adjacent to an activating group) is 1. The summed E-state index contributed by atoms with van der Waals surface area (Å²) in [6.45, 7) is 0.866. The molecule has 1 aromatic rings. The van der Waals surface area contributed by atoms with Gasteiger partial charge in [0.25, 0.3) is 0 Å². The average Bonchev–Trinajstić information content (AvgIpc) is 3.14. The SMILES string of the molecule is C[NH+](C)[C@@H](CNC(=S)NC1CC1)c1ccccc1. The topological polar surface area (TPSA) is 28.5 Å². The van der Waals surface area contributed by atoms with E-state index >= 15 is 0 Å². The van der Waals surface area contributed by atoms with Crippen molar-refractivity contribution in [2.24, 2.45) is 0 Å². The lowest BCUT2D eigenvalue weighted by atomic mass is 10.1. The molecule has 2 rings (SSSR count). The first-order valence-corrected chi connectivity index (χ1v) is 6.97. The normalized spacial score (nSPS) is 16.4. The van der Waals surface area contributed by atoms with Gasteiger partial charge in [-0.2, -0.15) is 0 Å². The van der Waals surface area contributed by atoms with Crippen LogP contribution in [0, 0.1) is 0 Å². The number of rotatable bonds is 5. The molecule has 0 bridgehead atoms. The Morgan fingerprint density at radius 1 is 1.33 bits per heavy atom. The van der Waals surface area contributed by atoms with E-state index < -0.39 is 0 Å². The van der Waals surface area contributed by atoms with Gasteiger partial charge in [-0.25, -0.2) is 0 Å². The van der Waals surface area contributed by atoms with Crippen molar-refractivity contribution >= 4 is 17.3 Å². The molecule has 0 spiro atoms. The van der Waals surface area contributed by atoms with Gasteiger partial charge in [0, 0.05) is 11.6 Å². The standard InChI is InChI=1S/C14H21N3S/c1-17(2)13(11-6-4-3-5-7-11)10-15-14(18)16-12-8-9-12/h3-7,12-13H,8-10H2,1-2H3,(H2,15,16,18)/p+1/t13-/m0/s1. The molecule has 0 heterocycles. The van der Waals surface area contributed by atoms with Gasteiger partial charge < -0.3 is 15.5 Å². The Bertz CT molecular complexity index is 387. The molecular weight excluding hydrogens is 242 g/mol. The third-order valence-electron chi connectivity index (χ3n) is 3.28. The molecule has 0 amide bonds. The number of hydrogen-bond acceptors (Lipinski definition) is 1. The van der Waals surface area contributed by atoms with Gasteiger partial charge in [-0.15, -0.1) is 0 Å². The average molecular weight is 264 g/mol. The number of benzene rings is 1. The molecule has 1 saturated carbocycles. The van der Waals surface area contributed by atoms with Gasteiger partial charge in [-0.3, -0.25) is 0 Å². The number of quaternary nitrogens is 1. The highest BCUT2D eigenvalue weighted by Gasteiger charge is 2.23. The smallest absolute Gasteiger partial charge is 0.166 e. The zero-order chi connectivity index (χ0) is 13.0. The minimum absolute atomic E-state index is 0.421. The number of thiocarbonyl (C=S) groups is 1. The minimum atomic E-state index is 0.421. The zero-order valence-corrected chi connectivity index (χ0v) is 11.9. The van der Waals surface area contributed by atoms with Crippen LogP contribution in [-0.2, 0) is 0 Å². The van der Waals surface area contributed by atoms with Crippen molar-refractivity contribution in [3.63, 3.8) is 0 Å². The highest BCUT2D eigenvalue weighted by molar-refractivity contribution is 7.80. The molecule has 1 atom stereocenters. The first kappa shape index (κ1) is 13.3. The Kier molecular flexibility index (Phi) is 4.55. The van der Waals surface area contributed by atoms with E-state index in [0.29, 0.717) is 12.1 Å². The van der Waals surface area contributed by atoms with E-state index in [1.807, 2.05) is 0 Å². The van der Waals surface area contributed by atoms with Crippen molar-refractivity contribution < 1.29 is 4.90 Å². The molecule has 0 saturated heterocycles. The molecule has 0 aliphatic heterocycles. The maximum absolute atomic E-state index is 5.29. The molecule has 3 N–H and O–H groups in total. The van der Waals surface area contributed by atoms with Gasteiger partial charge in [-0.05, 0) is 25.1 Å². The van der Waals surface area contributed by atoms with Gasteiger partial charge in [0.2, 0.25) is 0 Å². The van der Waals surface area contributed by atoms with Crippen LogP contribution in [-0.4, -0.2) is 31.8 Å². The highest BCUT2D eigenvalue weighted by Crippen LogP contribution is 2.18. The maximum atomic E-state index is 5.29. The highest BCUT2D eigenvalue weighted by atomic mass is 32.1. The van der Waals surface area contributed by atoms with E-state index in [1.54, 1.807) is 0 Å². The van der Waals surface area contributed by atoms with Crippen molar-refractivity contribution in [2.45, 2.75) is 24.9 Å². The van der Waals surface area contributed by atoms with Gasteiger partial charge >= 0.3 is 0 Å². The third kappa shape index (κ3) is 3.96. The summed E-state index contributed by atoms with van der Waals surface area (Å²) in [4.78, 5) is 1.41. The second kappa shape index (κ2) is 6.16. The van der Waals surface area contributed by atoms with Crippen LogP contribution in [0.3, 0.4) is 0 Å². The Balaban J connectivity index is 1.88. The van der Waals surface area contributed by atoms with Crippen molar-refractivity contribution in [2.75, 3.05) is 20.6 Å². The molecule has 1 aliphatic carbocycles. The molecule has 3 nitrogen and oxygen atoms in total. The first-order chi connectivity index (χ1) is 8.66. The molecule has 1 aromatic carbocycles. The van der Waals surface area contributed by atoms with Crippen molar-refractivity contribution in [3.05, 3.63) is 35.9 Å². The summed E-state index contributed by atoms with van der Waals surface area (Å²) < 4.78 is 0. The lowest BCUT2D eigenvalue weighted by molar-refractivity contribution is -0.890. The Hall–Kier alpha value is -1.13. The summed E-state index contributed by atoms with van der Waals surface area (Å²) in [7, 11) is 4.35. The van der Waals surface area contributed by atoms with Crippen LogP contribution in [0.25, 0.3) is 0 Å². The Labute approximate surface area is 115 Å². The second-order valence-electron chi connectivity index (χ2n) is 5.17. The van der Waals surface area contributed by atoms with Crippen LogP contribution in [0.1, 0.15) is 24.4 Å². The fourth-order valence-electron chi connectivity index (χ4n) is 2.00. The van der Waals surface area contributed by atoms with Crippen LogP contribution < -0.4 is 15.5 Å². The fraction of sp³-hybridized carbons (Fsp3) is 0.500. The van der Waals surface area contributed by atoms with Crippen LogP contribution in [0.5, 0.6) is 0 Å². The second-order valence-corrected chi connectivity index (χ2v) is 5.58. The first-order valence-electron chi connectivity index (χ1n) is 6.56. The lowest BCUT2D eigenvalue weighted by Gasteiger charge is -2.23.